The second kappa shape index (κ2) is 8.10. The molecule has 0 aliphatic heterocycles. The van der Waals surface area contributed by atoms with Crippen LogP contribution < -0.4 is 5.32 Å². The van der Waals surface area contributed by atoms with Gasteiger partial charge in [-0.05, 0) is 49.3 Å². The fourth-order valence-electron chi connectivity index (χ4n) is 4.59. The van der Waals surface area contributed by atoms with Crippen LogP contribution >= 0.6 is 0 Å². The van der Waals surface area contributed by atoms with Gasteiger partial charge in [0.1, 0.15) is 0 Å². The number of nitrogens with zero attached hydrogens (tertiary/aromatic N) is 2. The second-order valence-electron chi connectivity index (χ2n) is 8.05. The van der Waals surface area contributed by atoms with Crippen molar-refractivity contribution in [2.24, 2.45) is 0 Å². The second-order valence-corrected chi connectivity index (χ2v) is 8.05. The first-order valence-corrected chi connectivity index (χ1v) is 10.3. The Bertz CT molecular complexity index is 790. The third-order valence-electron chi connectivity index (χ3n) is 6.11. The van der Waals surface area contributed by atoms with Crippen LogP contribution in [0.15, 0.2) is 30.5 Å². The summed E-state index contributed by atoms with van der Waals surface area (Å²) in [6, 6.07) is 8.17. The monoisotopic (exact) mass is 389 g/mol. The summed E-state index contributed by atoms with van der Waals surface area (Å²) in [5, 5.41) is 3.09. The van der Waals surface area contributed by atoms with Gasteiger partial charge in [0.25, 0.3) is 0 Å². The van der Waals surface area contributed by atoms with Crippen LogP contribution in [-0.2, 0) is 6.18 Å². The Labute approximate surface area is 163 Å². The molecule has 0 spiro atoms. The minimum atomic E-state index is -4.42. The van der Waals surface area contributed by atoms with Crippen LogP contribution in [0.1, 0.15) is 86.4 Å². The van der Waals surface area contributed by atoms with E-state index in [1.54, 1.807) is 0 Å². The number of nitrogens with one attached hydrogen (secondary N) is 1. The van der Waals surface area contributed by atoms with Gasteiger partial charge < -0.3 is 5.32 Å². The van der Waals surface area contributed by atoms with Crippen LogP contribution in [0, 0.1) is 0 Å². The lowest BCUT2D eigenvalue weighted by molar-refractivity contribution is -0.138. The van der Waals surface area contributed by atoms with Gasteiger partial charge in [0.2, 0.25) is 5.95 Å². The maximum absolute atomic E-state index is 13.4. The number of alkyl halides is 3. The minimum Gasteiger partial charge on any atom is -0.324 e. The first kappa shape index (κ1) is 19.2. The van der Waals surface area contributed by atoms with Crippen LogP contribution in [0.25, 0.3) is 0 Å². The molecule has 3 nitrogen and oxygen atoms in total. The molecule has 1 aromatic heterocycles. The summed E-state index contributed by atoms with van der Waals surface area (Å²) in [5.74, 6) is 0.730. The summed E-state index contributed by atoms with van der Waals surface area (Å²) >= 11 is 0. The van der Waals surface area contributed by atoms with Gasteiger partial charge in [-0.15, -0.1) is 0 Å². The SMILES string of the molecule is FC(F)(F)c1cnc(Nc2ccc(C3CCCCC3)cc2)nc1C1CCCC1. The van der Waals surface area contributed by atoms with E-state index in [1.165, 1.54) is 37.7 Å². The molecule has 4 rings (SSSR count). The predicted octanol–water partition coefficient (Wildman–Crippen LogP) is 6.94. The summed E-state index contributed by atoms with van der Waals surface area (Å²) in [6.45, 7) is 0. The van der Waals surface area contributed by atoms with Crippen LogP contribution in [-0.4, -0.2) is 9.97 Å². The maximum atomic E-state index is 13.4. The zero-order chi connectivity index (χ0) is 19.6. The van der Waals surface area contributed by atoms with E-state index < -0.39 is 11.7 Å². The number of anilines is 2. The van der Waals surface area contributed by atoms with E-state index in [2.05, 4.69) is 27.4 Å². The Morgan fingerprint density at radius 1 is 0.821 bits per heavy atom. The molecule has 0 unspecified atom stereocenters. The molecule has 0 radical (unpaired) electrons. The van der Waals surface area contributed by atoms with Crippen molar-refractivity contribution in [3.63, 3.8) is 0 Å². The van der Waals surface area contributed by atoms with E-state index in [-0.39, 0.29) is 17.6 Å². The Balaban J connectivity index is 1.53. The van der Waals surface area contributed by atoms with Crippen LogP contribution in [0.4, 0.5) is 24.8 Å². The van der Waals surface area contributed by atoms with Crippen LogP contribution in [0.3, 0.4) is 0 Å². The molecule has 2 fully saturated rings. The molecule has 2 aliphatic carbocycles. The summed E-state index contributed by atoms with van der Waals surface area (Å²) in [4.78, 5) is 8.23. The molecule has 6 heteroatoms. The van der Waals surface area contributed by atoms with Crippen molar-refractivity contribution >= 4 is 11.6 Å². The third kappa shape index (κ3) is 4.31. The highest BCUT2D eigenvalue weighted by atomic mass is 19.4. The molecule has 1 aromatic carbocycles. The van der Waals surface area contributed by atoms with Crippen molar-refractivity contribution in [1.29, 1.82) is 0 Å². The van der Waals surface area contributed by atoms with E-state index in [0.717, 1.165) is 37.6 Å². The quantitative estimate of drug-likeness (QED) is 0.615. The van der Waals surface area contributed by atoms with Gasteiger partial charge in [-0.3, -0.25) is 0 Å². The zero-order valence-corrected chi connectivity index (χ0v) is 15.9. The maximum Gasteiger partial charge on any atom is 0.419 e. The molecule has 0 bridgehead atoms. The Hall–Kier alpha value is -2.11. The number of hydrogen-bond donors (Lipinski definition) is 1. The lowest BCUT2D eigenvalue weighted by Crippen LogP contribution is -2.15. The molecule has 0 saturated heterocycles. The molecule has 0 amide bonds. The molecule has 1 N–H and O–H groups in total. The van der Waals surface area contributed by atoms with Crippen LogP contribution in [0.5, 0.6) is 0 Å². The number of benzene rings is 1. The Morgan fingerprint density at radius 2 is 1.43 bits per heavy atom. The van der Waals surface area contributed by atoms with Gasteiger partial charge in [0.05, 0.1) is 11.3 Å². The van der Waals surface area contributed by atoms with E-state index >= 15 is 0 Å². The van der Waals surface area contributed by atoms with Gasteiger partial charge >= 0.3 is 6.18 Å². The summed E-state index contributed by atoms with van der Waals surface area (Å²) < 4.78 is 40.1. The Morgan fingerprint density at radius 3 is 2.07 bits per heavy atom. The van der Waals surface area contributed by atoms with Crippen molar-refractivity contribution in [2.75, 3.05) is 5.32 Å². The van der Waals surface area contributed by atoms with Gasteiger partial charge in [0, 0.05) is 17.8 Å². The lowest BCUT2D eigenvalue weighted by Gasteiger charge is -2.22. The predicted molar refractivity (Wildman–Crippen MR) is 104 cm³/mol. The number of halogens is 3. The van der Waals surface area contributed by atoms with Gasteiger partial charge in [-0.2, -0.15) is 13.2 Å². The molecular formula is C22H26F3N3. The molecule has 1 heterocycles. The average Bonchev–Trinajstić information content (AvgIpc) is 3.23. The Kier molecular flexibility index (Phi) is 5.56. The molecule has 150 valence electrons. The summed E-state index contributed by atoms with van der Waals surface area (Å²) in [7, 11) is 0. The summed E-state index contributed by atoms with van der Waals surface area (Å²) in [5.41, 5.74) is 1.58. The van der Waals surface area contributed by atoms with Crippen molar-refractivity contribution in [2.45, 2.75) is 75.8 Å². The number of aromatic nitrogens is 2. The van der Waals surface area contributed by atoms with Crippen LogP contribution in [0.2, 0.25) is 0 Å². The smallest absolute Gasteiger partial charge is 0.324 e. The molecule has 2 aromatic rings. The normalized spacial score (nSPS) is 19.1. The van der Waals surface area contributed by atoms with Crippen molar-refractivity contribution in [3.05, 3.63) is 47.3 Å². The van der Waals surface area contributed by atoms with E-state index in [0.29, 0.717) is 5.92 Å². The summed E-state index contributed by atoms with van der Waals surface area (Å²) in [6.07, 6.45) is 6.31. The molecule has 2 aliphatic rings. The number of rotatable bonds is 4. The highest BCUT2D eigenvalue weighted by Crippen LogP contribution is 2.40. The van der Waals surface area contributed by atoms with E-state index in [9.17, 15) is 13.2 Å². The zero-order valence-electron chi connectivity index (χ0n) is 15.9. The average molecular weight is 389 g/mol. The van der Waals surface area contributed by atoms with Crippen molar-refractivity contribution in [1.82, 2.24) is 9.97 Å². The topological polar surface area (TPSA) is 37.8 Å². The minimum absolute atomic E-state index is 0.131. The van der Waals surface area contributed by atoms with Gasteiger partial charge in [0.15, 0.2) is 0 Å². The fourth-order valence-corrected chi connectivity index (χ4v) is 4.59. The van der Waals surface area contributed by atoms with Crippen molar-refractivity contribution in [3.8, 4) is 0 Å². The highest BCUT2D eigenvalue weighted by Gasteiger charge is 2.37. The van der Waals surface area contributed by atoms with Gasteiger partial charge in [-0.25, -0.2) is 9.97 Å². The van der Waals surface area contributed by atoms with Crippen molar-refractivity contribution < 1.29 is 13.2 Å². The largest absolute Gasteiger partial charge is 0.419 e. The molecule has 28 heavy (non-hydrogen) atoms. The third-order valence-corrected chi connectivity index (χ3v) is 6.11. The molecular weight excluding hydrogens is 363 g/mol. The van der Waals surface area contributed by atoms with E-state index in [1.807, 2.05) is 12.1 Å². The number of hydrogen-bond acceptors (Lipinski definition) is 3. The fraction of sp³-hybridized carbons (Fsp3) is 0.545. The lowest BCUT2D eigenvalue weighted by atomic mass is 9.84. The first-order valence-electron chi connectivity index (χ1n) is 10.3. The first-order chi connectivity index (χ1) is 13.5. The molecule has 0 atom stereocenters. The standard InChI is InChI=1S/C22H26F3N3/c23-22(24,25)19-14-26-21(28-20(19)17-8-4-5-9-17)27-18-12-10-16(11-13-18)15-6-2-1-3-7-15/h10-15,17H,1-9H2,(H,26,27,28). The highest BCUT2D eigenvalue weighted by molar-refractivity contribution is 5.54. The molecule has 2 saturated carbocycles. The van der Waals surface area contributed by atoms with E-state index in [4.69, 9.17) is 0 Å². The van der Waals surface area contributed by atoms with Gasteiger partial charge in [-0.1, -0.05) is 44.2 Å².